The van der Waals surface area contributed by atoms with Gasteiger partial charge < -0.3 is 10.2 Å². The highest BCUT2D eigenvalue weighted by molar-refractivity contribution is 5.25. The number of furan rings is 1. The van der Waals surface area contributed by atoms with Gasteiger partial charge in [0.25, 0.3) is 0 Å². The van der Waals surface area contributed by atoms with Crippen LogP contribution in [0.1, 0.15) is 43.0 Å². The number of nitrogens with two attached hydrogens (primary N) is 1. The van der Waals surface area contributed by atoms with Crippen LogP contribution in [0.4, 0.5) is 0 Å². The van der Waals surface area contributed by atoms with E-state index >= 15 is 0 Å². The molecule has 1 aromatic rings. The highest BCUT2D eigenvalue weighted by atomic mass is 16.3. The summed E-state index contributed by atoms with van der Waals surface area (Å²) in [4.78, 5) is 2.64. The number of likely N-dealkylation sites (tertiary alicyclic amines) is 1. The van der Waals surface area contributed by atoms with E-state index in [1.54, 1.807) is 0 Å². The van der Waals surface area contributed by atoms with Gasteiger partial charge in [-0.25, -0.2) is 0 Å². The lowest BCUT2D eigenvalue weighted by Crippen LogP contribution is -2.32. The second-order valence-electron chi connectivity index (χ2n) is 5.44. The maximum absolute atomic E-state index is 5.71. The van der Waals surface area contributed by atoms with Crippen LogP contribution in [0, 0.1) is 5.92 Å². The van der Waals surface area contributed by atoms with E-state index in [-0.39, 0.29) is 0 Å². The first-order chi connectivity index (χ1) is 8.38. The highest BCUT2D eigenvalue weighted by Crippen LogP contribution is 2.40. The van der Waals surface area contributed by atoms with E-state index in [9.17, 15) is 0 Å². The Morgan fingerprint density at radius 1 is 1.35 bits per heavy atom. The summed E-state index contributed by atoms with van der Waals surface area (Å²) >= 11 is 0. The minimum atomic E-state index is 0.594. The zero-order valence-electron chi connectivity index (χ0n) is 10.4. The van der Waals surface area contributed by atoms with Crippen molar-refractivity contribution < 1.29 is 4.42 Å². The number of fused-ring (bicyclic) bond motifs is 1. The Hall–Kier alpha value is -0.800. The van der Waals surface area contributed by atoms with Crippen LogP contribution < -0.4 is 5.73 Å². The van der Waals surface area contributed by atoms with Gasteiger partial charge in [-0.2, -0.15) is 0 Å². The fraction of sp³-hybridized carbons (Fsp3) is 0.714. The standard InChI is InChI=1S/C14H22N2O/c15-5-3-11-9-13(16-6-1-2-7-16)12-4-8-17-14(12)10-11/h4,8,11,13H,1-3,5-7,9-10,15H2. The molecule has 3 heteroatoms. The molecule has 0 radical (unpaired) electrons. The summed E-state index contributed by atoms with van der Waals surface area (Å²) in [5.41, 5.74) is 7.15. The third kappa shape index (κ3) is 2.14. The van der Waals surface area contributed by atoms with Crippen molar-refractivity contribution in [3.8, 4) is 0 Å². The minimum Gasteiger partial charge on any atom is -0.469 e. The van der Waals surface area contributed by atoms with Gasteiger partial charge in [0.05, 0.1) is 6.26 Å². The van der Waals surface area contributed by atoms with Crippen molar-refractivity contribution in [2.75, 3.05) is 19.6 Å². The van der Waals surface area contributed by atoms with Crippen molar-refractivity contribution in [3.63, 3.8) is 0 Å². The Morgan fingerprint density at radius 3 is 2.94 bits per heavy atom. The predicted octanol–water partition coefficient (Wildman–Crippen LogP) is 2.33. The Balaban J connectivity index is 1.82. The van der Waals surface area contributed by atoms with Crippen LogP contribution in [0.2, 0.25) is 0 Å². The SMILES string of the molecule is NCCC1Cc2occc2C(N2CCCC2)C1. The third-order valence-corrected chi connectivity index (χ3v) is 4.33. The molecule has 2 N–H and O–H groups in total. The molecule has 94 valence electrons. The van der Waals surface area contributed by atoms with E-state index in [1.165, 1.54) is 43.7 Å². The molecular formula is C14H22N2O. The van der Waals surface area contributed by atoms with Gasteiger partial charge in [0.15, 0.2) is 0 Å². The average molecular weight is 234 g/mol. The largest absolute Gasteiger partial charge is 0.469 e. The van der Waals surface area contributed by atoms with Crippen molar-refractivity contribution >= 4 is 0 Å². The van der Waals surface area contributed by atoms with Crippen LogP contribution in [0.3, 0.4) is 0 Å². The fourth-order valence-electron chi connectivity index (χ4n) is 3.46. The molecule has 2 heterocycles. The summed E-state index contributed by atoms with van der Waals surface area (Å²) in [7, 11) is 0. The lowest BCUT2D eigenvalue weighted by Gasteiger charge is -2.34. The smallest absolute Gasteiger partial charge is 0.108 e. The second-order valence-corrected chi connectivity index (χ2v) is 5.44. The quantitative estimate of drug-likeness (QED) is 0.872. The van der Waals surface area contributed by atoms with Crippen LogP contribution in [0.5, 0.6) is 0 Å². The Labute approximate surface area is 103 Å². The van der Waals surface area contributed by atoms with Crippen molar-refractivity contribution in [1.82, 2.24) is 4.90 Å². The van der Waals surface area contributed by atoms with Gasteiger partial charge in [-0.05, 0) is 57.3 Å². The third-order valence-electron chi connectivity index (χ3n) is 4.33. The summed E-state index contributed by atoms with van der Waals surface area (Å²) in [6.45, 7) is 3.31. The normalized spacial score (nSPS) is 29.5. The molecule has 1 aliphatic heterocycles. The summed E-state index contributed by atoms with van der Waals surface area (Å²) in [6, 6.07) is 2.77. The predicted molar refractivity (Wildman–Crippen MR) is 67.7 cm³/mol. The Bertz CT molecular complexity index is 368. The molecule has 0 amide bonds. The topological polar surface area (TPSA) is 42.4 Å². The van der Waals surface area contributed by atoms with E-state index in [0.717, 1.165) is 19.4 Å². The van der Waals surface area contributed by atoms with Crippen molar-refractivity contribution in [2.45, 2.75) is 38.1 Å². The molecule has 3 nitrogen and oxygen atoms in total. The summed E-state index contributed by atoms with van der Waals surface area (Å²) in [5.74, 6) is 1.93. The fourth-order valence-corrected chi connectivity index (χ4v) is 3.46. The molecule has 1 saturated heterocycles. The van der Waals surface area contributed by atoms with E-state index in [0.29, 0.717) is 12.0 Å². The summed E-state index contributed by atoms with van der Waals surface area (Å²) in [5, 5.41) is 0. The molecule has 0 spiro atoms. The van der Waals surface area contributed by atoms with E-state index < -0.39 is 0 Å². The maximum atomic E-state index is 5.71. The molecule has 2 unspecified atom stereocenters. The van der Waals surface area contributed by atoms with Crippen molar-refractivity contribution in [1.29, 1.82) is 0 Å². The molecule has 0 bridgehead atoms. The second kappa shape index (κ2) is 4.83. The van der Waals surface area contributed by atoms with Gasteiger partial charge in [0, 0.05) is 18.0 Å². The molecule has 1 aliphatic carbocycles. The average Bonchev–Trinajstić information content (AvgIpc) is 2.99. The summed E-state index contributed by atoms with van der Waals surface area (Å²) < 4.78 is 5.65. The lowest BCUT2D eigenvalue weighted by molar-refractivity contribution is 0.182. The lowest BCUT2D eigenvalue weighted by atomic mass is 9.82. The van der Waals surface area contributed by atoms with Gasteiger partial charge in [-0.15, -0.1) is 0 Å². The molecule has 2 atom stereocenters. The van der Waals surface area contributed by atoms with E-state index in [4.69, 9.17) is 10.2 Å². The zero-order chi connectivity index (χ0) is 11.7. The van der Waals surface area contributed by atoms with Crippen LogP contribution >= 0.6 is 0 Å². The van der Waals surface area contributed by atoms with Gasteiger partial charge in [0.1, 0.15) is 5.76 Å². The van der Waals surface area contributed by atoms with Crippen LogP contribution in [0.15, 0.2) is 16.7 Å². The minimum absolute atomic E-state index is 0.594. The molecule has 17 heavy (non-hydrogen) atoms. The Morgan fingerprint density at radius 2 is 2.18 bits per heavy atom. The molecule has 1 aromatic heterocycles. The van der Waals surface area contributed by atoms with Crippen molar-refractivity contribution in [3.05, 3.63) is 23.7 Å². The monoisotopic (exact) mass is 234 g/mol. The number of hydrogen-bond donors (Lipinski definition) is 1. The summed E-state index contributed by atoms with van der Waals surface area (Å²) in [6.07, 6.45) is 8.05. The zero-order valence-corrected chi connectivity index (χ0v) is 10.4. The van der Waals surface area contributed by atoms with E-state index in [1.807, 2.05) is 6.26 Å². The molecule has 0 aromatic carbocycles. The van der Waals surface area contributed by atoms with Gasteiger partial charge in [-0.1, -0.05) is 0 Å². The van der Waals surface area contributed by atoms with Crippen LogP contribution in [0.25, 0.3) is 0 Å². The van der Waals surface area contributed by atoms with E-state index in [2.05, 4.69) is 11.0 Å². The first kappa shape index (κ1) is 11.3. The molecule has 3 rings (SSSR count). The Kier molecular flexibility index (Phi) is 3.21. The van der Waals surface area contributed by atoms with Crippen LogP contribution in [-0.4, -0.2) is 24.5 Å². The molecule has 0 saturated carbocycles. The number of hydrogen-bond acceptors (Lipinski definition) is 3. The number of nitrogens with zero attached hydrogens (tertiary/aromatic N) is 1. The number of rotatable bonds is 3. The van der Waals surface area contributed by atoms with Gasteiger partial charge in [-0.3, -0.25) is 4.90 Å². The molecule has 2 aliphatic rings. The molecular weight excluding hydrogens is 212 g/mol. The first-order valence-electron chi connectivity index (χ1n) is 6.89. The highest BCUT2D eigenvalue weighted by Gasteiger charge is 2.33. The van der Waals surface area contributed by atoms with Crippen LogP contribution in [-0.2, 0) is 6.42 Å². The maximum Gasteiger partial charge on any atom is 0.108 e. The van der Waals surface area contributed by atoms with Gasteiger partial charge in [0.2, 0.25) is 0 Å². The first-order valence-corrected chi connectivity index (χ1v) is 6.89. The van der Waals surface area contributed by atoms with Crippen molar-refractivity contribution in [2.24, 2.45) is 11.7 Å². The van der Waals surface area contributed by atoms with Gasteiger partial charge >= 0.3 is 0 Å². The molecule has 1 fully saturated rings.